The molecule has 0 aliphatic rings. The minimum absolute atomic E-state index is 0.0895. The van der Waals surface area contributed by atoms with Crippen molar-refractivity contribution in [3.05, 3.63) is 54.1 Å². The summed E-state index contributed by atoms with van der Waals surface area (Å²) in [6, 6.07) is 12.7. The number of hydrogen-bond acceptors (Lipinski definition) is 6. The third-order valence-electron chi connectivity index (χ3n) is 5.12. The molecule has 0 saturated heterocycles. The molecule has 1 N–H and O–H groups in total. The first-order valence-corrected chi connectivity index (χ1v) is 12.7. The number of ether oxygens (including phenoxy) is 2. The minimum atomic E-state index is -3.84. The number of nitrogens with one attached hydrogen (secondary N) is 1. The zero-order valence-electron chi connectivity index (χ0n) is 20.4. The number of benzene rings is 2. The van der Waals surface area contributed by atoms with Crippen molar-refractivity contribution in [2.75, 3.05) is 31.3 Å². The van der Waals surface area contributed by atoms with E-state index >= 15 is 0 Å². The smallest absolute Gasteiger partial charge is 0.244 e. The lowest BCUT2D eigenvalue weighted by molar-refractivity contribution is -0.139. The predicted octanol–water partition coefficient (Wildman–Crippen LogP) is 2.41. The Bertz CT molecular complexity index is 1100. The third-order valence-corrected chi connectivity index (χ3v) is 6.24. The van der Waals surface area contributed by atoms with Gasteiger partial charge in [0.15, 0.2) is 0 Å². The summed E-state index contributed by atoms with van der Waals surface area (Å²) in [6.07, 6.45) is 1.02. The second kappa shape index (κ2) is 11.7. The average molecular weight is 492 g/mol. The Morgan fingerprint density at radius 2 is 1.68 bits per heavy atom. The Morgan fingerprint density at radius 1 is 1.00 bits per heavy atom. The van der Waals surface area contributed by atoms with Gasteiger partial charge in [-0.15, -0.1) is 0 Å². The van der Waals surface area contributed by atoms with E-state index in [0.29, 0.717) is 11.5 Å². The summed E-state index contributed by atoms with van der Waals surface area (Å²) in [5.41, 5.74) is 0.974. The van der Waals surface area contributed by atoms with E-state index in [1.165, 1.54) is 19.1 Å². The zero-order valence-corrected chi connectivity index (χ0v) is 21.3. The molecule has 186 valence electrons. The van der Waals surface area contributed by atoms with Gasteiger partial charge in [0.05, 0.1) is 26.2 Å². The molecule has 1 atom stereocenters. The highest BCUT2D eigenvalue weighted by molar-refractivity contribution is 7.92. The molecule has 0 aromatic heterocycles. The Morgan fingerprint density at radius 3 is 2.26 bits per heavy atom. The fourth-order valence-corrected chi connectivity index (χ4v) is 4.24. The van der Waals surface area contributed by atoms with Crippen LogP contribution in [0.3, 0.4) is 0 Å². The van der Waals surface area contributed by atoms with Crippen LogP contribution in [0.25, 0.3) is 0 Å². The van der Waals surface area contributed by atoms with Gasteiger partial charge in [-0.25, -0.2) is 8.42 Å². The monoisotopic (exact) mass is 491 g/mol. The first-order chi connectivity index (χ1) is 16.0. The van der Waals surface area contributed by atoms with Gasteiger partial charge in [-0.3, -0.25) is 13.9 Å². The SMILES string of the molecule is COc1cccc(CN(C(=O)CN(c2ccccc2OC)S(C)(=O)=O)[C@H](C)C(=O)NC(C)C)c1. The maximum atomic E-state index is 13.5. The molecule has 0 spiro atoms. The van der Waals surface area contributed by atoms with E-state index in [9.17, 15) is 18.0 Å². The number of anilines is 1. The standard InChI is InChI=1S/C24H33N3O6S/c1-17(2)25-24(29)18(3)26(15-19-10-9-11-20(14-19)32-4)23(28)16-27(34(6,30)31)21-12-7-8-13-22(21)33-5/h7-14,17-18H,15-16H2,1-6H3,(H,25,29)/t18-/m1/s1. The lowest BCUT2D eigenvalue weighted by Crippen LogP contribution is -2.52. The Kier molecular flexibility index (Phi) is 9.31. The second-order valence-electron chi connectivity index (χ2n) is 8.15. The highest BCUT2D eigenvalue weighted by Crippen LogP contribution is 2.29. The second-order valence-corrected chi connectivity index (χ2v) is 10.1. The summed E-state index contributed by atoms with van der Waals surface area (Å²) in [5, 5.41) is 2.81. The highest BCUT2D eigenvalue weighted by atomic mass is 32.2. The Labute approximate surface area is 201 Å². The van der Waals surface area contributed by atoms with Gasteiger partial charge in [0.2, 0.25) is 21.8 Å². The summed E-state index contributed by atoms with van der Waals surface area (Å²) in [4.78, 5) is 27.7. The van der Waals surface area contributed by atoms with Crippen LogP contribution in [0.4, 0.5) is 5.69 Å². The third kappa shape index (κ3) is 7.11. The number of sulfonamides is 1. The molecular weight excluding hydrogens is 458 g/mol. The van der Waals surface area contributed by atoms with Gasteiger partial charge in [-0.2, -0.15) is 0 Å². The van der Waals surface area contributed by atoms with Crippen molar-refractivity contribution >= 4 is 27.5 Å². The normalized spacial score (nSPS) is 12.1. The summed E-state index contributed by atoms with van der Waals surface area (Å²) in [7, 11) is -0.878. The van der Waals surface area contributed by atoms with Crippen molar-refractivity contribution in [1.82, 2.24) is 10.2 Å². The van der Waals surface area contributed by atoms with E-state index in [2.05, 4.69) is 5.32 Å². The first kappa shape index (κ1) is 27.0. The summed E-state index contributed by atoms with van der Waals surface area (Å²) < 4.78 is 36.9. The van der Waals surface area contributed by atoms with Gasteiger partial charge < -0.3 is 19.7 Å². The van der Waals surface area contributed by atoms with Gasteiger partial charge in [-0.05, 0) is 50.6 Å². The lowest BCUT2D eigenvalue weighted by atomic mass is 10.1. The van der Waals surface area contributed by atoms with Crippen LogP contribution in [-0.4, -0.2) is 64.2 Å². The molecule has 0 aliphatic heterocycles. The summed E-state index contributed by atoms with van der Waals surface area (Å²) in [5.74, 6) is 0.0432. The van der Waals surface area contributed by atoms with Crippen LogP contribution in [-0.2, 0) is 26.2 Å². The van der Waals surface area contributed by atoms with Gasteiger partial charge in [0.1, 0.15) is 24.1 Å². The Hall–Kier alpha value is -3.27. The molecular formula is C24H33N3O6S. The van der Waals surface area contributed by atoms with Crippen LogP contribution in [0.1, 0.15) is 26.3 Å². The van der Waals surface area contributed by atoms with Crippen LogP contribution in [0.5, 0.6) is 11.5 Å². The van der Waals surface area contributed by atoms with Gasteiger partial charge >= 0.3 is 0 Å². The quantitative estimate of drug-likeness (QED) is 0.518. The number of para-hydroxylation sites is 2. The van der Waals surface area contributed by atoms with Gasteiger partial charge in [0.25, 0.3) is 0 Å². The number of carbonyl (C=O) groups excluding carboxylic acids is 2. The molecule has 2 rings (SSSR count). The van der Waals surface area contributed by atoms with Crippen LogP contribution >= 0.6 is 0 Å². The molecule has 34 heavy (non-hydrogen) atoms. The topological polar surface area (TPSA) is 105 Å². The van der Waals surface area contributed by atoms with Gasteiger partial charge in [0, 0.05) is 12.6 Å². The molecule has 0 heterocycles. The summed E-state index contributed by atoms with van der Waals surface area (Å²) >= 11 is 0. The van der Waals surface area contributed by atoms with Crippen molar-refractivity contribution in [3.8, 4) is 11.5 Å². The molecule has 0 radical (unpaired) electrons. The van der Waals surface area contributed by atoms with Crippen LogP contribution in [0, 0.1) is 0 Å². The fourth-order valence-electron chi connectivity index (χ4n) is 3.39. The van der Waals surface area contributed by atoms with E-state index < -0.39 is 28.5 Å². The van der Waals surface area contributed by atoms with Crippen LogP contribution in [0.2, 0.25) is 0 Å². The van der Waals surface area contributed by atoms with E-state index in [4.69, 9.17) is 9.47 Å². The van der Waals surface area contributed by atoms with Crippen LogP contribution < -0.4 is 19.1 Å². The molecule has 0 unspecified atom stereocenters. The lowest BCUT2D eigenvalue weighted by Gasteiger charge is -2.32. The highest BCUT2D eigenvalue weighted by Gasteiger charge is 2.31. The van der Waals surface area contributed by atoms with Crippen molar-refractivity contribution in [2.24, 2.45) is 0 Å². The van der Waals surface area contributed by atoms with Crippen LogP contribution in [0.15, 0.2) is 48.5 Å². The van der Waals surface area contributed by atoms with E-state index in [0.717, 1.165) is 16.1 Å². The molecule has 2 aromatic rings. The number of nitrogens with zero attached hydrogens (tertiary/aromatic N) is 2. The molecule has 2 amide bonds. The minimum Gasteiger partial charge on any atom is -0.497 e. The summed E-state index contributed by atoms with van der Waals surface area (Å²) in [6.45, 7) is 4.86. The molecule has 0 aliphatic carbocycles. The number of amides is 2. The number of methoxy groups -OCH3 is 2. The molecule has 0 bridgehead atoms. The van der Waals surface area contributed by atoms with Crippen molar-refractivity contribution in [1.29, 1.82) is 0 Å². The maximum absolute atomic E-state index is 13.5. The predicted molar refractivity (Wildman–Crippen MR) is 131 cm³/mol. The molecule has 0 saturated carbocycles. The Balaban J connectivity index is 2.44. The van der Waals surface area contributed by atoms with Crippen molar-refractivity contribution < 1.29 is 27.5 Å². The molecule has 0 fully saturated rings. The molecule has 10 heteroatoms. The number of rotatable bonds is 11. The largest absolute Gasteiger partial charge is 0.497 e. The molecule has 2 aromatic carbocycles. The van der Waals surface area contributed by atoms with E-state index in [1.54, 1.807) is 49.4 Å². The molecule has 9 nitrogen and oxygen atoms in total. The first-order valence-electron chi connectivity index (χ1n) is 10.8. The average Bonchev–Trinajstić information content (AvgIpc) is 2.79. The van der Waals surface area contributed by atoms with Gasteiger partial charge in [-0.1, -0.05) is 24.3 Å². The van der Waals surface area contributed by atoms with Crippen molar-refractivity contribution in [3.63, 3.8) is 0 Å². The maximum Gasteiger partial charge on any atom is 0.244 e. The van der Waals surface area contributed by atoms with E-state index in [-0.39, 0.29) is 24.2 Å². The number of hydrogen-bond donors (Lipinski definition) is 1. The fraction of sp³-hybridized carbons (Fsp3) is 0.417. The van der Waals surface area contributed by atoms with Crippen molar-refractivity contribution in [2.45, 2.75) is 39.4 Å². The van der Waals surface area contributed by atoms with E-state index in [1.807, 2.05) is 19.9 Å². The zero-order chi connectivity index (χ0) is 25.5. The number of carbonyl (C=O) groups is 2.